The van der Waals surface area contributed by atoms with Gasteiger partial charge >= 0.3 is 21.7 Å². The molecule has 0 spiro atoms. The molecule has 0 nitrogen and oxygen atoms in total. The summed E-state index contributed by atoms with van der Waals surface area (Å²) in [5.74, 6) is 0. The van der Waals surface area contributed by atoms with Crippen LogP contribution in [0.15, 0.2) is 77.4 Å². The smallest absolute Gasteiger partial charge is 0.263 e. The third-order valence-corrected chi connectivity index (χ3v) is 4.25. The summed E-state index contributed by atoms with van der Waals surface area (Å²) in [4.78, 5) is 0. The van der Waals surface area contributed by atoms with E-state index >= 15 is 0 Å². The molecule has 0 N–H and O–H groups in total. The fourth-order valence-electron chi connectivity index (χ4n) is 2.36. The Balaban J connectivity index is 0.000000347. The van der Waals surface area contributed by atoms with E-state index in [1.807, 2.05) is 60.7 Å². The quantitative estimate of drug-likeness (QED) is 0.354. The molecule has 0 bridgehead atoms. The standard InChI is InChI=1S/C10H15.2C7H7.Ti/c1-7-6-10(4,5)9(3)8(7)2;2*1-7-5-3-2-4-6-7;/h1-5H3;2*2-6H,1H2;/q3*-1;+3. The fraction of sp³-hybridized carbons (Fsp3) is 0.250. The first-order chi connectivity index (χ1) is 11.2. The Bertz CT molecular complexity index is 639. The van der Waals surface area contributed by atoms with Crippen LogP contribution < -0.4 is 0 Å². The van der Waals surface area contributed by atoms with Crippen LogP contribution in [0.5, 0.6) is 0 Å². The maximum absolute atomic E-state index is 3.72. The molecule has 0 heterocycles. The third-order valence-electron chi connectivity index (χ3n) is 4.25. The summed E-state index contributed by atoms with van der Waals surface area (Å²) in [6.07, 6.45) is 3.44. The molecule has 129 valence electrons. The van der Waals surface area contributed by atoms with Crippen molar-refractivity contribution in [1.29, 1.82) is 0 Å². The van der Waals surface area contributed by atoms with Gasteiger partial charge in [-0.25, -0.2) is 5.57 Å². The molecule has 2 aromatic carbocycles. The SMILES string of the molecule is CC1=[C-]C(C)(C)C(C)=C1C.[CH2-]c1ccccc1.[CH2-]c1ccccc1.[Ti+3]. The summed E-state index contributed by atoms with van der Waals surface area (Å²) in [6.45, 7) is 18.4. The van der Waals surface area contributed by atoms with Crippen molar-refractivity contribution in [1.82, 2.24) is 0 Å². The van der Waals surface area contributed by atoms with Gasteiger partial charge in [0.05, 0.1) is 0 Å². The van der Waals surface area contributed by atoms with Crippen LogP contribution in [0.4, 0.5) is 0 Å². The molecular formula is C24H29Ti. The molecule has 0 amide bonds. The number of hydrogen-bond acceptors (Lipinski definition) is 0. The average molecular weight is 365 g/mol. The Kier molecular flexibility index (Phi) is 10.4. The second kappa shape index (κ2) is 11.1. The molecule has 25 heavy (non-hydrogen) atoms. The monoisotopic (exact) mass is 365 g/mol. The van der Waals surface area contributed by atoms with Crippen molar-refractivity contribution in [3.63, 3.8) is 0 Å². The normalized spacial score (nSPS) is 14.2. The van der Waals surface area contributed by atoms with Crippen molar-refractivity contribution in [3.05, 3.63) is 108 Å². The zero-order chi connectivity index (χ0) is 18.2. The summed E-state index contributed by atoms with van der Waals surface area (Å²) >= 11 is 0. The van der Waals surface area contributed by atoms with Gasteiger partial charge in [-0.3, -0.25) is 6.08 Å². The van der Waals surface area contributed by atoms with E-state index in [4.69, 9.17) is 0 Å². The van der Waals surface area contributed by atoms with E-state index in [-0.39, 0.29) is 27.1 Å². The van der Waals surface area contributed by atoms with Crippen molar-refractivity contribution >= 4 is 0 Å². The van der Waals surface area contributed by atoms with Gasteiger partial charge in [-0.1, -0.05) is 45.2 Å². The van der Waals surface area contributed by atoms with Gasteiger partial charge in [-0.05, 0) is 0 Å². The van der Waals surface area contributed by atoms with Crippen LogP contribution in [0.2, 0.25) is 0 Å². The van der Waals surface area contributed by atoms with Gasteiger partial charge in [0.1, 0.15) is 0 Å². The molecule has 0 aliphatic heterocycles. The molecule has 1 aliphatic carbocycles. The fourth-order valence-corrected chi connectivity index (χ4v) is 2.36. The summed E-state index contributed by atoms with van der Waals surface area (Å²) < 4.78 is 0. The van der Waals surface area contributed by atoms with Crippen molar-refractivity contribution in [2.24, 2.45) is 5.41 Å². The van der Waals surface area contributed by atoms with E-state index in [1.165, 1.54) is 16.7 Å². The molecule has 0 saturated heterocycles. The Morgan fingerprint density at radius 2 is 1.08 bits per heavy atom. The molecule has 0 saturated carbocycles. The van der Waals surface area contributed by atoms with Gasteiger partial charge in [-0.2, -0.15) is 60.4 Å². The number of rotatable bonds is 0. The largest absolute Gasteiger partial charge is 3.00 e. The Morgan fingerprint density at radius 3 is 1.20 bits per heavy atom. The molecule has 1 aliphatic rings. The van der Waals surface area contributed by atoms with Crippen LogP contribution in [0.3, 0.4) is 0 Å². The second-order valence-electron chi connectivity index (χ2n) is 6.60. The molecule has 2 aromatic rings. The van der Waals surface area contributed by atoms with Crippen molar-refractivity contribution < 1.29 is 21.7 Å². The van der Waals surface area contributed by atoms with E-state index < -0.39 is 0 Å². The minimum atomic E-state index is 0. The van der Waals surface area contributed by atoms with Gasteiger partial charge in [0.2, 0.25) is 0 Å². The van der Waals surface area contributed by atoms with E-state index in [1.54, 1.807) is 0 Å². The predicted molar refractivity (Wildman–Crippen MR) is 106 cm³/mol. The molecular weight excluding hydrogens is 336 g/mol. The van der Waals surface area contributed by atoms with Gasteiger partial charge in [0.15, 0.2) is 0 Å². The Morgan fingerprint density at radius 1 is 0.720 bits per heavy atom. The summed E-state index contributed by atoms with van der Waals surface area (Å²) in [6, 6.07) is 19.7. The predicted octanol–water partition coefficient (Wildman–Crippen LogP) is 6.85. The Labute approximate surface area is 170 Å². The first kappa shape index (κ1) is 23.4. The van der Waals surface area contributed by atoms with Crippen molar-refractivity contribution in [2.45, 2.75) is 34.6 Å². The maximum Gasteiger partial charge on any atom is 3.00 e. The molecule has 1 radical (unpaired) electrons. The zero-order valence-electron chi connectivity index (χ0n) is 16.2. The van der Waals surface area contributed by atoms with E-state index in [0.717, 1.165) is 11.1 Å². The zero-order valence-corrected chi connectivity index (χ0v) is 17.7. The first-order valence-electron chi connectivity index (χ1n) is 8.28. The van der Waals surface area contributed by atoms with Crippen LogP contribution in [-0.2, 0) is 21.7 Å². The maximum atomic E-state index is 3.72. The molecule has 0 fully saturated rings. The first-order valence-corrected chi connectivity index (χ1v) is 8.28. The minimum absolute atomic E-state index is 0. The topological polar surface area (TPSA) is 0 Å². The van der Waals surface area contributed by atoms with Gasteiger partial charge in [0.25, 0.3) is 0 Å². The van der Waals surface area contributed by atoms with Crippen LogP contribution in [-0.4, -0.2) is 0 Å². The van der Waals surface area contributed by atoms with Crippen LogP contribution in [0.1, 0.15) is 45.7 Å². The molecule has 0 unspecified atom stereocenters. The minimum Gasteiger partial charge on any atom is -0.263 e. The third kappa shape index (κ3) is 8.34. The summed E-state index contributed by atoms with van der Waals surface area (Å²) in [7, 11) is 0. The summed E-state index contributed by atoms with van der Waals surface area (Å²) in [5, 5.41) is 0. The molecule has 0 aromatic heterocycles. The van der Waals surface area contributed by atoms with Crippen LogP contribution in [0.25, 0.3) is 0 Å². The van der Waals surface area contributed by atoms with Crippen LogP contribution in [0, 0.1) is 25.3 Å². The van der Waals surface area contributed by atoms with Crippen LogP contribution >= 0.6 is 0 Å². The average Bonchev–Trinajstić information content (AvgIpc) is 2.72. The van der Waals surface area contributed by atoms with E-state index in [2.05, 4.69) is 54.5 Å². The van der Waals surface area contributed by atoms with Crippen molar-refractivity contribution in [3.8, 4) is 0 Å². The second-order valence-corrected chi connectivity index (χ2v) is 6.60. The van der Waals surface area contributed by atoms with Gasteiger partial charge < -0.3 is 0 Å². The molecule has 1 heteroatoms. The Hall–Kier alpha value is -1.63. The molecule has 0 atom stereocenters. The number of allylic oxidation sites excluding steroid dienone is 4. The van der Waals surface area contributed by atoms with E-state index in [0.29, 0.717) is 0 Å². The number of benzene rings is 2. The van der Waals surface area contributed by atoms with Gasteiger partial charge in [-0.15, -0.1) is 31.2 Å². The van der Waals surface area contributed by atoms with Crippen molar-refractivity contribution in [2.75, 3.05) is 0 Å². The van der Waals surface area contributed by atoms with E-state index in [9.17, 15) is 0 Å². The molecule has 3 rings (SSSR count). The summed E-state index contributed by atoms with van der Waals surface area (Å²) in [5.41, 5.74) is 6.54. The van der Waals surface area contributed by atoms with Gasteiger partial charge in [0, 0.05) is 0 Å². The number of hydrogen-bond donors (Lipinski definition) is 0.